The summed E-state index contributed by atoms with van der Waals surface area (Å²) in [4.78, 5) is 11.9. The van der Waals surface area contributed by atoms with Gasteiger partial charge in [0, 0.05) is 11.1 Å². The number of amides is 1. The fourth-order valence-corrected chi connectivity index (χ4v) is 2.25. The quantitative estimate of drug-likeness (QED) is 0.831. The highest BCUT2D eigenvalue weighted by atomic mass is 79.9. The van der Waals surface area contributed by atoms with Crippen molar-refractivity contribution in [3.8, 4) is 5.75 Å². The van der Waals surface area contributed by atoms with Crippen LogP contribution in [0, 0.1) is 5.92 Å². The van der Waals surface area contributed by atoms with Gasteiger partial charge in [-0.1, -0.05) is 18.5 Å². The van der Waals surface area contributed by atoms with Crippen LogP contribution in [0.25, 0.3) is 0 Å². The number of nitrogens with one attached hydrogen (secondary N) is 1. The third-order valence-corrected chi connectivity index (χ3v) is 3.48. The predicted molar refractivity (Wildman–Crippen MR) is 77.2 cm³/mol. The van der Waals surface area contributed by atoms with Gasteiger partial charge in [0.2, 0.25) is 5.91 Å². The highest BCUT2D eigenvalue weighted by Crippen LogP contribution is 2.37. The fourth-order valence-electron chi connectivity index (χ4n) is 1.35. The lowest BCUT2D eigenvalue weighted by Crippen LogP contribution is -2.34. The van der Waals surface area contributed by atoms with Crippen molar-refractivity contribution in [2.75, 3.05) is 5.32 Å². The van der Waals surface area contributed by atoms with E-state index in [1.54, 1.807) is 13.8 Å². The number of carbonyl (C=O) groups excluding carboxylic acids is 1. The molecule has 0 aromatic heterocycles. The van der Waals surface area contributed by atoms with Crippen LogP contribution < -0.4 is 15.8 Å². The lowest BCUT2D eigenvalue weighted by molar-refractivity contribution is -0.119. The van der Waals surface area contributed by atoms with Crippen LogP contribution in [0.4, 0.5) is 14.5 Å². The predicted octanol–water partition coefficient (Wildman–Crippen LogP) is 3.63. The van der Waals surface area contributed by atoms with E-state index < -0.39 is 18.4 Å². The molecule has 2 unspecified atom stereocenters. The Morgan fingerprint density at radius 1 is 1.45 bits per heavy atom. The molecule has 1 amide bonds. The highest BCUT2D eigenvalue weighted by molar-refractivity contribution is 9.10. The summed E-state index contributed by atoms with van der Waals surface area (Å²) >= 11 is 8.90. The number of benzene rings is 1. The Morgan fingerprint density at radius 2 is 2.05 bits per heavy atom. The van der Waals surface area contributed by atoms with Crippen LogP contribution in [0.5, 0.6) is 5.75 Å². The zero-order chi connectivity index (χ0) is 15.4. The largest absolute Gasteiger partial charge is 0.431 e. The van der Waals surface area contributed by atoms with Gasteiger partial charge < -0.3 is 15.8 Å². The molecule has 0 aliphatic carbocycles. The maximum atomic E-state index is 12.4. The van der Waals surface area contributed by atoms with E-state index in [4.69, 9.17) is 17.3 Å². The van der Waals surface area contributed by atoms with Gasteiger partial charge in [0.1, 0.15) is 0 Å². The zero-order valence-corrected chi connectivity index (χ0v) is 13.1. The number of alkyl halides is 2. The van der Waals surface area contributed by atoms with E-state index in [1.165, 1.54) is 12.1 Å². The molecule has 3 N–H and O–H groups in total. The first kappa shape index (κ1) is 17.1. The monoisotopic (exact) mass is 370 g/mol. The van der Waals surface area contributed by atoms with Crippen molar-refractivity contribution in [1.82, 2.24) is 0 Å². The van der Waals surface area contributed by atoms with Crippen molar-refractivity contribution in [3.63, 3.8) is 0 Å². The summed E-state index contributed by atoms with van der Waals surface area (Å²) < 4.78 is 29.4. The molecule has 0 saturated carbocycles. The molecule has 1 aromatic rings. The summed E-state index contributed by atoms with van der Waals surface area (Å²) in [6, 6.07) is 2.34. The van der Waals surface area contributed by atoms with Crippen LogP contribution in [0.1, 0.15) is 13.8 Å². The molecule has 0 fully saturated rings. The number of nitrogens with two attached hydrogens (primary N) is 1. The van der Waals surface area contributed by atoms with Crippen LogP contribution in [0.3, 0.4) is 0 Å². The van der Waals surface area contributed by atoms with Crippen molar-refractivity contribution in [3.05, 3.63) is 21.6 Å². The molecule has 0 radical (unpaired) electrons. The molecule has 1 rings (SSSR count). The number of carbonyl (C=O) groups is 1. The van der Waals surface area contributed by atoms with Gasteiger partial charge in [-0.25, -0.2) is 0 Å². The van der Waals surface area contributed by atoms with E-state index in [0.29, 0.717) is 0 Å². The van der Waals surface area contributed by atoms with Gasteiger partial charge in [0.05, 0.1) is 16.1 Å². The van der Waals surface area contributed by atoms with Crippen molar-refractivity contribution in [2.45, 2.75) is 26.5 Å². The van der Waals surface area contributed by atoms with Crippen molar-refractivity contribution in [2.24, 2.45) is 11.7 Å². The second-order valence-corrected chi connectivity index (χ2v) is 5.57. The molecule has 2 atom stereocenters. The first-order chi connectivity index (χ1) is 9.22. The standard InChI is InChI=1S/C12H14BrClF2N2O2/c1-5(6(2)17)11(19)18-9-4-7(14)3-8(13)10(9)20-12(15)16/h3-6,12H,17H2,1-2H3,(H,18,19). The van der Waals surface area contributed by atoms with Crippen LogP contribution in [-0.2, 0) is 4.79 Å². The Kier molecular flexibility index (Phi) is 6.16. The van der Waals surface area contributed by atoms with Crippen molar-refractivity contribution < 1.29 is 18.3 Å². The molecule has 0 bridgehead atoms. The Bertz CT molecular complexity index is 501. The summed E-state index contributed by atoms with van der Waals surface area (Å²) in [5, 5.41) is 2.75. The smallest absolute Gasteiger partial charge is 0.387 e. The van der Waals surface area contributed by atoms with Gasteiger partial charge >= 0.3 is 6.61 Å². The Labute approximate surface area is 128 Å². The Hall–Kier alpha value is -0.920. The molecule has 0 heterocycles. The first-order valence-corrected chi connectivity index (χ1v) is 6.89. The summed E-state index contributed by atoms with van der Waals surface area (Å²) in [5.74, 6) is -1.09. The van der Waals surface area contributed by atoms with Crippen LogP contribution in [-0.4, -0.2) is 18.6 Å². The molecular formula is C12H14BrClF2N2O2. The Balaban J connectivity index is 3.07. The van der Waals surface area contributed by atoms with Gasteiger partial charge in [-0.2, -0.15) is 8.78 Å². The normalized spacial score (nSPS) is 14.0. The molecule has 0 spiro atoms. The molecular weight excluding hydrogens is 357 g/mol. The van der Waals surface area contributed by atoms with E-state index >= 15 is 0 Å². The van der Waals surface area contributed by atoms with E-state index in [1.807, 2.05) is 0 Å². The van der Waals surface area contributed by atoms with Crippen LogP contribution >= 0.6 is 27.5 Å². The lowest BCUT2D eigenvalue weighted by Gasteiger charge is -2.18. The maximum absolute atomic E-state index is 12.4. The molecule has 1 aromatic carbocycles. The van der Waals surface area contributed by atoms with Gasteiger partial charge in [-0.05, 0) is 35.0 Å². The topological polar surface area (TPSA) is 64.4 Å². The molecule has 112 valence electrons. The molecule has 4 nitrogen and oxygen atoms in total. The molecule has 0 aliphatic heterocycles. The number of hydrogen-bond donors (Lipinski definition) is 2. The highest BCUT2D eigenvalue weighted by Gasteiger charge is 2.21. The van der Waals surface area contributed by atoms with Crippen LogP contribution in [0.15, 0.2) is 16.6 Å². The summed E-state index contributed by atoms with van der Waals surface area (Å²) in [6.07, 6.45) is 0. The molecule has 0 aliphatic rings. The molecule has 0 saturated heterocycles. The third-order valence-electron chi connectivity index (χ3n) is 2.68. The fraction of sp³-hybridized carbons (Fsp3) is 0.417. The second kappa shape index (κ2) is 7.19. The molecule has 8 heteroatoms. The zero-order valence-electron chi connectivity index (χ0n) is 10.8. The minimum Gasteiger partial charge on any atom is -0.431 e. The SMILES string of the molecule is CC(N)C(C)C(=O)Nc1cc(Cl)cc(Br)c1OC(F)F. The van der Waals surface area contributed by atoms with Gasteiger partial charge in [-0.15, -0.1) is 0 Å². The number of ether oxygens (including phenoxy) is 1. The van der Waals surface area contributed by atoms with E-state index in [-0.39, 0.29) is 27.0 Å². The Morgan fingerprint density at radius 3 is 2.55 bits per heavy atom. The minimum absolute atomic E-state index is 0.0576. The number of rotatable bonds is 5. The lowest BCUT2D eigenvalue weighted by atomic mass is 10.0. The number of halogens is 4. The van der Waals surface area contributed by atoms with Crippen LogP contribution in [0.2, 0.25) is 5.02 Å². The average Bonchev–Trinajstić information content (AvgIpc) is 2.31. The minimum atomic E-state index is -3.02. The van der Waals surface area contributed by atoms with E-state index in [0.717, 1.165) is 0 Å². The van der Waals surface area contributed by atoms with Crippen molar-refractivity contribution in [1.29, 1.82) is 0 Å². The first-order valence-electron chi connectivity index (χ1n) is 5.72. The molecule has 20 heavy (non-hydrogen) atoms. The number of hydrogen-bond acceptors (Lipinski definition) is 3. The van der Waals surface area contributed by atoms with Crippen molar-refractivity contribution >= 4 is 39.1 Å². The average molecular weight is 372 g/mol. The third kappa shape index (κ3) is 4.57. The van der Waals surface area contributed by atoms with Gasteiger partial charge in [-0.3, -0.25) is 4.79 Å². The van der Waals surface area contributed by atoms with Gasteiger partial charge in [0.25, 0.3) is 0 Å². The summed E-state index contributed by atoms with van der Waals surface area (Å²) in [6.45, 7) is 0.288. The van der Waals surface area contributed by atoms with Gasteiger partial charge in [0.15, 0.2) is 5.75 Å². The van der Waals surface area contributed by atoms with E-state index in [2.05, 4.69) is 26.0 Å². The maximum Gasteiger partial charge on any atom is 0.387 e. The number of anilines is 1. The summed E-state index contributed by atoms with van der Waals surface area (Å²) in [5.41, 5.74) is 5.68. The van der Waals surface area contributed by atoms with E-state index in [9.17, 15) is 13.6 Å². The summed E-state index contributed by atoms with van der Waals surface area (Å²) in [7, 11) is 0. The second-order valence-electron chi connectivity index (χ2n) is 4.28.